The maximum Gasteiger partial charge on any atom is 0.320 e. The predicted molar refractivity (Wildman–Crippen MR) is 183 cm³/mol. The molecule has 47 heavy (non-hydrogen) atoms. The van der Waals surface area contributed by atoms with Gasteiger partial charge in [0.15, 0.2) is 12.2 Å². The summed E-state index contributed by atoms with van der Waals surface area (Å²) in [5.74, 6) is -3.06. The lowest BCUT2D eigenvalue weighted by molar-refractivity contribution is -0.349. The number of carbonyl (C=O) groups is 2. The molecule has 0 aromatic rings. The van der Waals surface area contributed by atoms with E-state index in [0.717, 1.165) is 32.1 Å². The van der Waals surface area contributed by atoms with Crippen molar-refractivity contribution < 1.29 is 49.0 Å². The number of allylic oxidation sites excluding steroid dienone is 1. The Morgan fingerprint density at radius 1 is 0.809 bits per heavy atom. The summed E-state index contributed by atoms with van der Waals surface area (Å²) in [6.07, 6.45) is 11.0. The highest BCUT2D eigenvalue weighted by Gasteiger charge is 2.56. The SMILES string of the molecule is CCCC=CC(CCCCCCCCCCCC)O[C@@H]1O[C@H](CO)[C@H](O)[C@H](O)[C@]1(O)CCC(C(=O)OC(C)(C)C)C(=O)OC(C)(C)C. The van der Waals surface area contributed by atoms with E-state index in [2.05, 4.69) is 13.8 Å². The van der Waals surface area contributed by atoms with Crippen LogP contribution in [0.5, 0.6) is 0 Å². The molecule has 1 unspecified atom stereocenters. The van der Waals surface area contributed by atoms with Crippen LogP contribution >= 0.6 is 0 Å². The Balaban J connectivity index is 3.12. The van der Waals surface area contributed by atoms with E-state index in [9.17, 15) is 30.0 Å². The highest BCUT2D eigenvalue weighted by atomic mass is 16.7. The minimum Gasteiger partial charge on any atom is -0.459 e. The van der Waals surface area contributed by atoms with Crippen molar-refractivity contribution in [3.05, 3.63) is 12.2 Å². The van der Waals surface area contributed by atoms with Crippen LogP contribution in [-0.2, 0) is 28.5 Å². The summed E-state index contributed by atoms with van der Waals surface area (Å²) in [5.41, 5.74) is -3.99. The third kappa shape index (κ3) is 16.6. The molecule has 1 aliphatic heterocycles. The fraction of sp³-hybridized carbons (Fsp3) is 0.892. The highest BCUT2D eigenvalue weighted by molar-refractivity contribution is 5.95. The van der Waals surface area contributed by atoms with Crippen LogP contribution in [-0.4, -0.2) is 86.5 Å². The van der Waals surface area contributed by atoms with E-state index in [0.29, 0.717) is 6.42 Å². The standard InChI is InChI=1S/C37H68O10/c1-9-11-13-14-15-16-17-18-19-21-23-27(22-20-12-10-2)44-34-37(43,31(40)30(39)29(26-38)45-34)25-24-28(32(41)46-35(3,4)5)33(42)47-36(6,7)8/h20,22,27-31,34,38-40,43H,9-19,21,23-26H2,1-8H3/t27?,29-,30+,31+,34-,37-/m1/s1. The van der Waals surface area contributed by atoms with Crippen LogP contribution in [0.1, 0.15) is 152 Å². The summed E-state index contributed by atoms with van der Waals surface area (Å²) < 4.78 is 23.2. The molecular formula is C37H68O10. The lowest BCUT2D eigenvalue weighted by Gasteiger charge is -2.48. The fourth-order valence-electron chi connectivity index (χ4n) is 5.63. The van der Waals surface area contributed by atoms with Gasteiger partial charge in [-0.1, -0.05) is 96.6 Å². The number of unbranched alkanes of at least 4 members (excludes halogenated alkanes) is 10. The molecule has 10 heteroatoms. The summed E-state index contributed by atoms with van der Waals surface area (Å²) in [7, 11) is 0. The second kappa shape index (κ2) is 21.5. The molecule has 0 aliphatic carbocycles. The van der Waals surface area contributed by atoms with E-state index in [1.165, 1.54) is 44.9 Å². The maximum atomic E-state index is 13.2. The van der Waals surface area contributed by atoms with Gasteiger partial charge in [-0.05, 0) is 67.2 Å². The van der Waals surface area contributed by atoms with Crippen molar-refractivity contribution in [2.75, 3.05) is 6.61 Å². The topological polar surface area (TPSA) is 152 Å². The minimum absolute atomic E-state index is 0.272. The molecule has 1 rings (SSSR count). The van der Waals surface area contributed by atoms with Crippen molar-refractivity contribution in [1.29, 1.82) is 0 Å². The van der Waals surface area contributed by atoms with Crippen molar-refractivity contribution >= 4 is 11.9 Å². The number of hydrogen-bond donors (Lipinski definition) is 4. The first kappa shape index (κ1) is 43.5. The van der Waals surface area contributed by atoms with Gasteiger partial charge in [-0.25, -0.2) is 0 Å². The second-order valence-corrected chi connectivity index (χ2v) is 15.1. The van der Waals surface area contributed by atoms with Crippen molar-refractivity contribution in [2.24, 2.45) is 5.92 Å². The molecule has 10 nitrogen and oxygen atoms in total. The number of hydrogen-bond acceptors (Lipinski definition) is 10. The average Bonchev–Trinajstić information content (AvgIpc) is 2.96. The van der Waals surface area contributed by atoms with E-state index in [4.69, 9.17) is 18.9 Å². The zero-order valence-electron chi connectivity index (χ0n) is 30.7. The van der Waals surface area contributed by atoms with Gasteiger partial charge in [-0.2, -0.15) is 0 Å². The predicted octanol–water partition coefficient (Wildman–Crippen LogP) is 6.29. The van der Waals surface area contributed by atoms with Crippen molar-refractivity contribution in [3.63, 3.8) is 0 Å². The summed E-state index contributed by atoms with van der Waals surface area (Å²) >= 11 is 0. The van der Waals surface area contributed by atoms with E-state index in [1.54, 1.807) is 41.5 Å². The molecule has 6 atom stereocenters. The third-order valence-electron chi connectivity index (χ3n) is 8.27. The fourth-order valence-corrected chi connectivity index (χ4v) is 5.63. The molecule has 1 saturated heterocycles. The summed E-state index contributed by atoms with van der Waals surface area (Å²) in [6.45, 7) is 13.8. The average molecular weight is 673 g/mol. The number of rotatable bonds is 22. The van der Waals surface area contributed by atoms with Crippen molar-refractivity contribution in [2.45, 2.75) is 199 Å². The van der Waals surface area contributed by atoms with Crippen LogP contribution in [0.2, 0.25) is 0 Å². The zero-order chi connectivity index (χ0) is 35.7. The van der Waals surface area contributed by atoms with Crippen LogP contribution in [0.25, 0.3) is 0 Å². The van der Waals surface area contributed by atoms with E-state index >= 15 is 0 Å². The Kier molecular flexibility index (Phi) is 19.9. The van der Waals surface area contributed by atoms with Gasteiger partial charge in [-0.3, -0.25) is 9.59 Å². The van der Waals surface area contributed by atoms with Gasteiger partial charge < -0.3 is 39.4 Å². The van der Waals surface area contributed by atoms with Gasteiger partial charge in [0.25, 0.3) is 0 Å². The van der Waals surface area contributed by atoms with Gasteiger partial charge in [0.1, 0.15) is 35.1 Å². The Morgan fingerprint density at radius 3 is 1.79 bits per heavy atom. The smallest absolute Gasteiger partial charge is 0.320 e. The van der Waals surface area contributed by atoms with Gasteiger partial charge >= 0.3 is 11.9 Å². The molecule has 1 aliphatic rings. The molecular weight excluding hydrogens is 604 g/mol. The summed E-state index contributed by atoms with van der Waals surface area (Å²) in [5, 5.41) is 43.8. The molecule has 0 saturated carbocycles. The summed E-state index contributed by atoms with van der Waals surface area (Å²) in [4.78, 5) is 26.3. The molecule has 0 bridgehead atoms. The molecule has 0 aromatic carbocycles. The minimum atomic E-state index is -2.22. The van der Waals surface area contributed by atoms with Crippen molar-refractivity contribution in [1.82, 2.24) is 0 Å². The van der Waals surface area contributed by atoms with Crippen LogP contribution in [0.3, 0.4) is 0 Å². The quantitative estimate of drug-likeness (QED) is 0.0447. The lowest BCUT2D eigenvalue weighted by atomic mass is 9.81. The van der Waals surface area contributed by atoms with Gasteiger partial charge in [0, 0.05) is 0 Å². The molecule has 1 fully saturated rings. The Labute approximate surface area is 284 Å². The number of aliphatic hydroxyl groups excluding tert-OH is 3. The first-order chi connectivity index (χ1) is 22.0. The Bertz CT molecular complexity index is 880. The molecule has 276 valence electrons. The number of aliphatic hydroxyl groups is 4. The molecule has 0 spiro atoms. The monoisotopic (exact) mass is 672 g/mol. The van der Waals surface area contributed by atoms with Crippen LogP contribution in [0.15, 0.2) is 12.2 Å². The van der Waals surface area contributed by atoms with Crippen LogP contribution in [0.4, 0.5) is 0 Å². The zero-order valence-corrected chi connectivity index (χ0v) is 30.7. The Hall–Kier alpha value is -1.56. The first-order valence-corrected chi connectivity index (χ1v) is 18.1. The van der Waals surface area contributed by atoms with E-state index in [1.807, 2.05) is 12.2 Å². The number of carbonyl (C=O) groups excluding carboxylic acids is 2. The van der Waals surface area contributed by atoms with Gasteiger partial charge in [-0.15, -0.1) is 0 Å². The molecule has 0 amide bonds. The molecule has 0 aromatic heterocycles. The highest BCUT2D eigenvalue weighted by Crippen LogP contribution is 2.37. The largest absolute Gasteiger partial charge is 0.459 e. The summed E-state index contributed by atoms with van der Waals surface area (Å²) in [6, 6.07) is 0. The van der Waals surface area contributed by atoms with Crippen LogP contribution < -0.4 is 0 Å². The molecule has 0 radical (unpaired) electrons. The number of esters is 2. The second-order valence-electron chi connectivity index (χ2n) is 15.1. The van der Waals surface area contributed by atoms with E-state index < -0.39 is 72.0 Å². The third-order valence-corrected chi connectivity index (χ3v) is 8.27. The Morgan fingerprint density at radius 2 is 1.32 bits per heavy atom. The van der Waals surface area contributed by atoms with E-state index in [-0.39, 0.29) is 12.8 Å². The van der Waals surface area contributed by atoms with Crippen LogP contribution in [0, 0.1) is 5.92 Å². The van der Waals surface area contributed by atoms with Gasteiger partial charge in [0.2, 0.25) is 0 Å². The normalized spacial score (nSPS) is 24.5. The number of ether oxygens (including phenoxy) is 4. The lowest BCUT2D eigenvalue weighted by Crippen LogP contribution is -2.67. The maximum absolute atomic E-state index is 13.2. The first-order valence-electron chi connectivity index (χ1n) is 18.1. The van der Waals surface area contributed by atoms with Crippen molar-refractivity contribution in [3.8, 4) is 0 Å². The molecule has 1 heterocycles. The van der Waals surface area contributed by atoms with Gasteiger partial charge in [0.05, 0.1) is 12.7 Å². The molecule has 4 N–H and O–H groups in total.